The summed E-state index contributed by atoms with van der Waals surface area (Å²) in [6, 6.07) is 24.1. The zero-order chi connectivity index (χ0) is 20.9. The van der Waals surface area contributed by atoms with Crippen LogP contribution >= 0.6 is 11.6 Å². The van der Waals surface area contributed by atoms with Crippen LogP contribution in [-0.4, -0.2) is 24.1 Å². The number of amides is 1. The van der Waals surface area contributed by atoms with E-state index in [1.54, 1.807) is 6.92 Å². The van der Waals surface area contributed by atoms with Gasteiger partial charge in [0.05, 0.1) is 0 Å². The van der Waals surface area contributed by atoms with E-state index in [-0.39, 0.29) is 18.6 Å². The normalized spacial score (nSPS) is 13.1. The van der Waals surface area contributed by atoms with E-state index in [2.05, 4.69) is 24.3 Å². The van der Waals surface area contributed by atoms with Crippen molar-refractivity contribution >= 4 is 17.5 Å². The van der Waals surface area contributed by atoms with E-state index in [4.69, 9.17) is 21.1 Å². The lowest BCUT2D eigenvalue weighted by Crippen LogP contribution is -2.30. The molecular formula is C25H24ClNO3. The molecule has 3 aromatic carbocycles. The third-order valence-electron chi connectivity index (χ3n) is 5.42. The Bertz CT molecular complexity index is 1000. The van der Waals surface area contributed by atoms with Gasteiger partial charge in [0.1, 0.15) is 0 Å². The molecule has 0 radical (unpaired) electrons. The lowest BCUT2D eigenvalue weighted by Gasteiger charge is -2.25. The predicted octanol–water partition coefficient (Wildman–Crippen LogP) is 5.64. The number of fused-ring (bicyclic) bond motifs is 1. The molecule has 1 atom stereocenters. The number of rotatable bonds is 7. The molecule has 5 heteroatoms. The maximum atomic E-state index is 12.3. The Morgan fingerprint density at radius 1 is 0.967 bits per heavy atom. The number of benzene rings is 3. The van der Waals surface area contributed by atoms with Gasteiger partial charge in [-0.2, -0.15) is 0 Å². The number of hydrogen-bond donors (Lipinski definition) is 0. The average Bonchev–Trinajstić information content (AvgIpc) is 3.23. The van der Waals surface area contributed by atoms with Gasteiger partial charge in [0, 0.05) is 31.0 Å². The molecule has 0 fully saturated rings. The van der Waals surface area contributed by atoms with Gasteiger partial charge in [-0.05, 0) is 47.4 Å². The van der Waals surface area contributed by atoms with E-state index in [1.165, 1.54) is 5.56 Å². The predicted molar refractivity (Wildman–Crippen MR) is 118 cm³/mol. The van der Waals surface area contributed by atoms with Gasteiger partial charge in [-0.15, -0.1) is 0 Å². The van der Waals surface area contributed by atoms with Crippen LogP contribution in [0.5, 0.6) is 11.5 Å². The summed E-state index contributed by atoms with van der Waals surface area (Å²) in [5, 5.41) is 0.695. The van der Waals surface area contributed by atoms with Crippen LogP contribution in [0.1, 0.15) is 36.0 Å². The standard InChI is InChI=1S/C25H24ClNO3/c1-18(28)27(16-19-7-10-22(26)11-8-19)14-13-23(20-5-3-2-4-6-20)21-9-12-24-25(15-21)30-17-29-24/h2-12,15,23H,13-14,16-17H2,1H3/t23-/m1/s1. The van der Waals surface area contributed by atoms with Crippen LogP contribution in [-0.2, 0) is 11.3 Å². The molecule has 0 spiro atoms. The lowest BCUT2D eigenvalue weighted by atomic mass is 9.88. The van der Waals surface area contributed by atoms with E-state index < -0.39 is 0 Å². The fourth-order valence-corrected chi connectivity index (χ4v) is 3.91. The highest BCUT2D eigenvalue weighted by Crippen LogP contribution is 2.37. The first kappa shape index (κ1) is 20.3. The maximum absolute atomic E-state index is 12.3. The van der Waals surface area contributed by atoms with Crippen molar-refractivity contribution in [2.75, 3.05) is 13.3 Å². The first-order valence-corrected chi connectivity index (χ1v) is 10.4. The molecule has 0 bridgehead atoms. The molecule has 4 rings (SSSR count). The molecule has 0 saturated heterocycles. The molecule has 1 heterocycles. The zero-order valence-corrected chi connectivity index (χ0v) is 17.6. The molecule has 1 aliphatic rings. The zero-order valence-electron chi connectivity index (χ0n) is 16.9. The van der Waals surface area contributed by atoms with Crippen molar-refractivity contribution in [1.82, 2.24) is 4.90 Å². The smallest absolute Gasteiger partial charge is 0.231 e. The van der Waals surface area contributed by atoms with Gasteiger partial charge in [-0.3, -0.25) is 4.79 Å². The monoisotopic (exact) mass is 421 g/mol. The number of carbonyl (C=O) groups is 1. The minimum atomic E-state index is 0.0578. The van der Waals surface area contributed by atoms with Crippen LogP contribution < -0.4 is 9.47 Å². The Hall–Kier alpha value is -2.98. The van der Waals surface area contributed by atoms with Crippen molar-refractivity contribution < 1.29 is 14.3 Å². The molecule has 0 aliphatic carbocycles. The number of carbonyl (C=O) groups excluding carboxylic acids is 1. The molecular weight excluding hydrogens is 398 g/mol. The topological polar surface area (TPSA) is 38.8 Å². The van der Waals surface area contributed by atoms with Crippen molar-refractivity contribution in [3.05, 3.63) is 94.5 Å². The van der Waals surface area contributed by atoms with E-state index in [1.807, 2.05) is 53.4 Å². The summed E-state index contributed by atoms with van der Waals surface area (Å²) >= 11 is 5.99. The highest BCUT2D eigenvalue weighted by atomic mass is 35.5. The second-order valence-electron chi connectivity index (χ2n) is 7.43. The molecule has 1 aliphatic heterocycles. The summed E-state index contributed by atoms with van der Waals surface area (Å²) in [5.41, 5.74) is 3.43. The fraction of sp³-hybridized carbons (Fsp3) is 0.240. The van der Waals surface area contributed by atoms with Gasteiger partial charge in [0.25, 0.3) is 0 Å². The van der Waals surface area contributed by atoms with Crippen LogP contribution in [0.4, 0.5) is 0 Å². The average molecular weight is 422 g/mol. The Morgan fingerprint density at radius 2 is 1.70 bits per heavy atom. The second-order valence-corrected chi connectivity index (χ2v) is 7.87. The molecule has 3 aromatic rings. The number of nitrogens with zero attached hydrogens (tertiary/aromatic N) is 1. The minimum absolute atomic E-state index is 0.0578. The van der Waals surface area contributed by atoms with Crippen LogP contribution in [0, 0.1) is 0 Å². The highest BCUT2D eigenvalue weighted by molar-refractivity contribution is 6.30. The first-order chi connectivity index (χ1) is 14.6. The van der Waals surface area contributed by atoms with Crippen LogP contribution in [0.25, 0.3) is 0 Å². The van der Waals surface area contributed by atoms with Gasteiger partial charge in [0.2, 0.25) is 12.7 Å². The van der Waals surface area contributed by atoms with Crippen molar-refractivity contribution in [2.24, 2.45) is 0 Å². The SMILES string of the molecule is CC(=O)N(CC[C@H](c1ccccc1)c1ccc2c(c1)OCO2)Cc1ccc(Cl)cc1. The minimum Gasteiger partial charge on any atom is -0.454 e. The largest absolute Gasteiger partial charge is 0.454 e. The van der Waals surface area contributed by atoms with Crippen molar-refractivity contribution in [2.45, 2.75) is 25.8 Å². The Labute approximate surface area is 182 Å². The molecule has 30 heavy (non-hydrogen) atoms. The summed E-state index contributed by atoms with van der Waals surface area (Å²) < 4.78 is 11.0. The summed E-state index contributed by atoms with van der Waals surface area (Å²) in [6.45, 7) is 3.09. The molecule has 154 valence electrons. The number of halogens is 1. The highest BCUT2D eigenvalue weighted by Gasteiger charge is 2.21. The first-order valence-electron chi connectivity index (χ1n) is 10.0. The Kier molecular flexibility index (Phi) is 6.24. The molecule has 0 aromatic heterocycles. The van der Waals surface area contributed by atoms with E-state index >= 15 is 0 Å². The summed E-state index contributed by atoms with van der Waals surface area (Å²) in [5.74, 6) is 1.76. The molecule has 4 nitrogen and oxygen atoms in total. The van der Waals surface area contributed by atoms with Crippen LogP contribution in [0.2, 0.25) is 5.02 Å². The van der Waals surface area contributed by atoms with E-state index in [0.29, 0.717) is 18.1 Å². The van der Waals surface area contributed by atoms with E-state index in [0.717, 1.165) is 29.0 Å². The summed E-state index contributed by atoms with van der Waals surface area (Å²) in [7, 11) is 0. The van der Waals surface area contributed by atoms with Gasteiger partial charge in [0.15, 0.2) is 11.5 Å². The van der Waals surface area contributed by atoms with Gasteiger partial charge < -0.3 is 14.4 Å². The summed E-state index contributed by atoms with van der Waals surface area (Å²) in [6.07, 6.45) is 0.802. The van der Waals surface area contributed by atoms with E-state index in [9.17, 15) is 4.79 Å². The third-order valence-corrected chi connectivity index (χ3v) is 5.67. The maximum Gasteiger partial charge on any atom is 0.231 e. The molecule has 1 amide bonds. The Morgan fingerprint density at radius 3 is 2.43 bits per heavy atom. The van der Waals surface area contributed by atoms with Gasteiger partial charge in [-0.1, -0.05) is 60.1 Å². The van der Waals surface area contributed by atoms with Crippen molar-refractivity contribution in [1.29, 1.82) is 0 Å². The molecule has 0 saturated carbocycles. The Balaban J connectivity index is 1.55. The van der Waals surface area contributed by atoms with Crippen LogP contribution in [0.3, 0.4) is 0 Å². The number of hydrogen-bond acceptors (Lipinski definition) is 3. The van der Waals surface area contributed by atoms with Gasteiger partial charge in [-0.25, -0.2) is 0 Å². The quantitative estimate of drug-likeness (QED) is 0.495. The van der Waals surface area contributed by atoms with Gasteiger partial charge >= 0.3 is 0 Å². The molecule has 0 unspecified atom stereocenters. The van der Waals surface area contributed by atoms with Crippen LogP contribution in [0.15, 0.2) is 72.8 Å². The number of ether oxygens (including phenoxy) is 2. The van der Waals surface area contributed by atoms with Crippen molar-refractivity contribution in [3.63, 3.8) is 0 Å². The second kappa shape index (κ2) is 9.23. The summed E-state index contributed by atoms with van der Waals surface area (Å²) in [4.78, 5) is 14.2. The van der Waals surface area contributed by atoms with Crippen molar-refractivity contribution in [3.8, 4) is 11.5 Å². The molecule has 0 N–H and O–H groups in total. The fourth-order valence-electron chi connectivity index (χ4n) is 3.78. The third kappa shape index (κ3) is 4.77. The lowest BCUT2D eigenvalue weighted by molar-refractivity contribution is -0.129.